The van der Waals surface area contributed by atoms with E-state index in [0.29, 0.717) is 24.5 Å². The van der Waals surface area contributed by atoms with Gasteiger partial charge >= 0.3 is 0 Å². The third-order valence-electron chi connectivity index (χ3n) is 4.17. The van der Waals surface area contributed by atoms with E-state index in [2.05, 4.69) is 10.2 Å². The maximum absolute atomic E-state index is 12.2. The fourth-order valence-electron chi connectivity index (χ4n) is 2.71. The number of nitrogens with two attached hydrogens (primary N) is 1. The number of carbonyl (C=O) groups excluding carboxylic acids is 2. The molecule has 1 aliphatic rings. The minimum atomic E-state index is -0.537. The molecule has 1 saturated heterocycles. The summed E-state index contributed by atoms with van der Waals surface area (Å²) in [5.41, 5.74) is 6.83. The predicted octanol–water partition coefficient (Wildman–Crippen LogP) is 1.23. The van der Waals surface area contributed by atoms with Crippen molar-refractivity contribution < 1.29 is 9.59 Å². The van der Waals surface area contributed by atoms with Gasteiger partial charge in [0.2, 0.25) is 11.8 Å². The molecule has 7 heteroatoms. The van der Waals surface area contributed by atoms with E-state index < -0.39 is 6.04 Å². The highest BCUT2D eigenvalue weighted by Gasteiger charge is 2.22. The molecular formula is C17H25ClN4O2. The number of nitrogens with one attached hydrogen (secondary N) is 1. The summed E-state index contributed by atoms with van der Waals surface area (Å²) in [6.45, 7) is 4.78. The second-order valence-corrected chi connectivity index (χ2v) is 6.39. The Balaban J connectivity index is 1.76. The molecule has 1 aliphatic heterocycles. The molecule has 3 N–H and O–H groups in total. The molecule has 0 aliphatic carbocycles. The van der Waals surface area contributed by atoms with Crippen LogP contribution in [0.25, 0.3) is 0 Å². The highest BCUT2D eigenvalue weighted by Crippen LogP contribution is 2.19. The van der Waals surface area contributed by atoms with Crippen molar-refractivity contribution in [1.82, 2.24) is 10.2 Å². The van der Waals surface area contributed by atoms with E-state index in [1.807, 2.05) is 31.2 Å². The van der Waals surface area contributed by atoms with Crippen LogP contribution in [0.1, 0.15) is 19.8 Å². The zero-order valence-corrected chi connectivity index (χ0v) is 14.8. The van der Waals surface area contributed by atoms with E-state index in [1.165, 1.54) is 0 Å². The molecule has 2 amide bonds. The zero-order chi connectivity index (χ0) is 17.5. The van der Waals surface area contributed by atoms with Gasteiger partial charge in [0.15, 0.2) is 0 Å². The van der Waals surface area contributed by atoms with Gasteiger partial charge in [-0.2, -0.15) is 0 Å². The minimum Gasteiger partial charge on any atom is -0.368 e. The van der Waals surface area contributed by atoms with Gasteiger partial charge in [-0.1, -0.05) is 24.9 Å². The molecule has 132 valence electrons. The van der Waals surface area contributed by atoms with Crippen LogP contribution in [0.15, 0.2) is 24.3 Å². The lowest BCUT2D eigenvalue weighted by atomic mass is 10.2. The van der Waals surface area contributed by atoms with Crippen LogP contribution in [0.2, 0.25) is 5.02 Å². The number of benzene rings is 1. The Morgan fingerprint density at radius 3 is 2.42 bits per heavy atom. The van der Waals surface area contributed by atoms with Crippen molar-refractivity contribution in [2.45, 2.75) is 25.8 Å². The molecule has 0 radical (unpaired) electrons. The Morgan fingerprint density at radius 2 is 1.83 bits per heavy atom. The summed E-state index contributed by atoms with van der Waals surface area (Å²) in [6.07, 6.45) is 1.47. The van der Waals surface area contributed by atoms with E-state index in [4.69, 9.17) is 17.3 Å². The number of amides is 2. The highest BCUT2D eigenvalue weighted by molar-refractivity contribution is 6.30. The van der Waals surface area contributed by atoms with Gasteiger partial charge in [0.1, 0.15) is 0 Å². The highest BCUT2D eigenvalue weighted by atomic mass is 35.5. The Morgan fingerprint density at radius 1 is 1.21 bits per heavy atom. The van der Waals surface area contributed by atoms with Gasteiger partial charge in [0.05, 0.1) is 12.6 Å². The van der Waals surface area contributed by atoms with E-state index in [-0.39, 0.29) is 18.4 Å². The molecule has 1 aromatic carbocycles. The standard InChI is InChI=1S/C17H25ClN4O2/c1-2-3-15(19)17(24)20-12-16(23)22-10-8-21(9-11-22)14-6-4-13(18)5-7-14/h4-7,15H,2-3,8-12,19H2,1H3,(H,20,24). The molecule has 0 bridgehead atoms. The summed E-state index contributed by atoms with van der Waals surface area (Å²) >= 11 is 5.90. The Kier molecular flexibility index (Phi) is 6.87. The van der Waals surface area contributed by atoms with Crippen LogP contribution in [0.4, 0.5) is 5.69 Å². The molecule has 1 aromatic rings. The summed E-state index contributed by atoms with van der Waals surface area (Å²) < 4.78 is 0. The molecule has 1 fully saturated rings. The molecule has 1 atom stereocenters. The van der Waals surface area contributed by atoms with Gasteiger partial charge in [-0.3, -0.25) is 9.59 Å². The van der Waals surface area contributed by atoms with Crippen LogP contribution < -0.4 is 16.0 Å². The van der Waals surface area contributed by atoms with Crippen LogP contribution in [-0.2, 0) is 9.59 Å². The van der Waals surface area contributed by atoms with E-state index >= 15 is 0 Å². The van der Waals surface area contributed by atoms with Crippen molar-refractivity contribution in [2.24, 2.45) is 5.73 Å². The van der Waals surface area contributed by atoms with Crippen molar-refractivity contribution in [3.8, 4) is 0 Å². The lowest BCUT2D eigenvalue weighted by Crippen LogP contribution is -2.52. The number of hydrogen-bond donors (Lipinski definition) is 2. The predicted molar refractivity (Wildman–Crippen MR) is 96.1 cm³/mol. The first-order valence-corrected chi connectivity index (χ1v) is 8.70. The zero-order valence-electron chi connectivity index (χ0n) is 14.0. The summed E-state index contributed by atoms with van der Waals surface area (Å²) in [5.74, 6) is -0.326. The van der Waals surface area contributed by atoms with Crippen LogP contribution in [0, 0.1) is 0 Å². The number of piperazine rings is 1. The first kappa shape index (κ1) is 18.5. The number of carbonyl (C=O) groups is 2. The molecule has 0 saturated carbocycles. The molecule has 0 aromatic heterocycles. The SMILES string of the molecule is CCCC(N)C(=O)NCC(=O)N1CCN(c2ccc(Cl)cc2)CC1. The van der Waals surface area contributed by atoms with Gasteiger partial charge in [-0.15, -0.1) is 0 Å². The van der Waals surface area contributed by atoms with E-state index in [1.54, 1.807) is 4.90 Å². The van der Waals surface area contributed by atoms with Gasteiger partial charge in [0.25, 0.3) is 0 Å². The summed E-state index contributed by atoms with van der Waals surface area (Å²) in [6, 6.07) is 7.15. The fourth-order valence-corrected chi connectivity index (χ4v) is 2.84. The monoisotopic (exact) mass is 352 g/mol. The molecule has 24 heavy (non-hydrogen) atoms. The van der Waals surface area contributed by atoms with Crippen molar-refractivity contribution in [3.63, 3.8) is 0 Å². The molecule has 1 heterocycles. The van der Waals surface area contributed by atoms with Crippen LogP contribution in [-0.4, -0.2) is 55.5 Å². The van der Waals surface area contributed by atoms with Gasteiger partial charge in [-0.25, -0.2) is 0 Å². The number of rotatable bonds is 6. The van der Waals surface area contributed by atoms with Crippen LogP contribution in [0.3, 0.4) is 0 Å². The Hall–Kier alpha value is -1.79. The molecule has 6 nitrogen and oxygen atoms in total. The molecule has 0 spiro atoms. The number of halogens is 1. The van der Waals surface area contributed by atoms with Gasteiger partial charge < -0.3 is 20.9 Å². The normalized spacial score (nSPS) is 16.0. The molecule has 1 unspecified atom stereocenters. The number of anilines is 1. The summed E-state index contributed by atoms with van der Waals surface area (Å²) in [5, 5.41) is 3.34. The number of hydrogen-bond acceptors (Lipinski definition) is 4. The van der Waals surface area contributed by atoms with Gasteiger partial charge in [-0.05, 0) is 30.7 Å². The lowest BCUT2D eigenvalue weighted by molar-refractivity contribution is -0.133. The summed E-state index contributed by atoms with van der Waals surface area (Å²) in [4.78, 5) is 28.0. The van der Waals surface area contributed by atoms with Crippen molar-refractivity contribution in [1.29, 1.82) is 0 Å². The third-order valence-corrected chi connectivity index (χ3v) is 4.43. The molecule has 2 rings (SSSR count). The minimum absolute atomic E-state index is 0.0111. The quantitative estimate of drug-likeness (QED) is 0.807. The summed E-state index contributed by atoms with van der Waals surface area (Å²) in [7, 11) is 0. The first-order valence-electron chi connectivity index (χ1n) is 8.33. The lowest BCUT2D eigenvalue weighted by Gasteiger charge is -2.36. The van der Waals surface area contributed by atoms with E-state index in [0.717, 1.165) is 25.2 Å². The van der Waals surface area contributed by atoms with Gasteiger partial charge in [0, 0.05) is 36.9 Å². The topological polar surface area (TPSA) is 78.7 Å². The second kappa shape index (κ2) is 8.89. The maximum Gasteiger partial charge on any atom is 0.242 e. The van der Waals surface area contributed by atoms with Crippen molar-refractivity contribution in [2.75, 3.05) is 37.6 Å². The maximum atomic E-state index is 12.2. The Bertz CT molecular complexity index is 556. The smallest absolute Gasteiger partial charge is 0.242 e. The fraction of sp³-hybridized carbons (Fsp3) is 0.529. The number of nitrogens with zero attached hydrogens (tertiary/aromatic N) is 2. The second-order valence-electron chi connectivity index (χ2n) is 5.96. The van der Waals surface area contributed by atoms with Crippen LogP contribution in [0.5, 0.6) is 0 Å². The Labute approximate surface area is 147 Å². The van der Waals surface area contributed by atoms with Crippen molar-refractivity contribution >= 4 is 29.1 Å². The largest absolute Gasteiger partial charge is 0.368 e. The first-order chi connectivity index (χ1) is 11.5. The third kappa shape index (κ3) is 5.11. The average molecular weight is 353 g/mol. The van der Waals surface area contributed by atoms with Crippen molar-refractivity contribution in [3.05, 3.63) is 29.3 Å². The van der Waals surface area contributed by atoms with Crippen LogP contribution >= 0.6 is 11.6 Å². The average Bonchev–Trinajstić information content (AvgIpc) is 2.60. The van der Waals surface area contributed by atoms with E-state index in [9.17, 15) is 9.59 Å². The molecular weight excluding hydrogens is 328 g/mol.